The van der Waals surface area contributed by atoms with Gasteiger partial charge in [-0.1, -0.05) is 17.8 Å². The monoisotopic (exact) mass is 512 g/mol. The average molecular weight is 513 g/mol. The van der Waals surface area contributed by atoms with E-state index in [4.69, 9.17) is 0 Å². The number of hydrogen-bond acceptors (Lipinski definition) is 11. The number of tetrazole rings is 1. The van der Waals surface area contributed by atoms with Gasteiger partial charge in [0.25, 0.3) is 5.91 Å². The molecule has 0 saturated carbocycles. The van der Waals surface area contributed by atoms with E-state index in [1.54, 1.807) is 0 Å². The van der Waals surface area contributed by atoms with Crippen molar-refractivity contribution in [2.75, 3.05) is 12.4 Å². The number of carboxylic acids is 1. The molecule has 0 aliphatic carbocycles. The first kappa shape index (κ1) is 23.7. The molecule has 0 radical (unpaired) electrons. The van der Waals surface area contributed by atoms with E-state index in [0.717, 1.165) is 16.6 Å². The van der Waals surface area contributed by atoms with Crippen molar-refractivity contribution < 1.29 is 29.7 Å². The summed E-state index contributed by atoms with van der Waals surface area (Å²) in [5.74, 6) is -1.85. The minimum Gasteiger partial charge on any atom is -0.477 e. The van der Waals surface area contributed by atoms with Crippen LogP contribution in [-0.2, 0) is 20.8 Å². The number of carboxylic acid groups (broad SMARTS) is 1. The maximum Gasteiger partial charge on any atom is 0.352 e. The van der Waals surface area contributed by atoms with Gasteiger partial charge in [-0.2, -0.15) is 5.21 Å². The summed E-state index contributed by atoms with van der Waals surface area (Å²) in [6.07, 6.45) is -0.930. The molecule has 0 bridgehead atoms. The molecule has 2 amide bonds. The van der Waals surface area contributed by atoms with Crippen LogP contribution in [0.15, 0.2) is 33.9 Å². The molecule has 2 aromatic rings. The number of β-lactam (4-membered cyclic amide) rings is 1. The molecule has 4 atom stereocenters. The van der Waals surface area contributed by atoms with Crippen LogP contribution in [0.1, 0.15) is 11.3 Å². The van der Waals surface area contributed by atoms with Gasteiger partial charge in [0.15, 0.2) is 0 Å². The lowest BCUT2D eigenvalue weighted by Gasteiger charge is -2.50. The van der Waals surface area contributed by atoms with Crippen molar-refractivity contribution >= 4 is 52.6 Å². The van der Waals surface area contributed by atoms with Gasteiger partial charge in [-0.3, -0.25) is 14.5 Å². The number of carbonyl (C=O) groups is 3. The Labute approximate surface area is 199 Å². The number of carbonyl (C=O) groups excluding carboxylic acids is 2. The molecular formula is C18H20N6O6S3. The predicted octanol–water partition coefficient (Wildman–Crippen LogP) is -0.553. The van der Waals surface area contributed by atoms with Crippen LogP contribution in [0.3, 0.4) is 0 Å². The van der Waals surface area contributed by atoms with Crippen molar-refractivity contribution in [3.63, 3.8) is 0 Å². The standard InChI is InChI=1S/C18H20N6O6S3/c25-6-8(26)4-11(33-18-20-22-23-21-18)10-7-32-16-13(15(28)24(16)14(10)17(29)30)19-12(27)5-9-2-1-3-31-9/h1-3,8,11,13,16,25-26H,4-7H2,(H,19,27)(H,29,30)(H,20,21,22,23)/t8?,11?,13?,16-/m0/s1. The Bertz CT molecular complexity index is 1050. The van der Waals surface area contributed by atoms with E-state index in [9.17, 15) is 29.7 Å². The second-order valence-electron chi connectivity index (χ2n) is 7.26. The van der Waals surface area contributed by atoms with Crippen LogP contribution in [-0.4, -0.2) is 93.8 Å². The number of amides is 2. The second kappa shape index (κ2) is 10.2. The van der Waals surface area contributed by atoms with Crippen molar-refractivity contribution in [1.29, 1.82) is 0 Å². The minimum atomic E-state index is -1.29. The Kier molecular flexibility index (Phi) is 7.33. The molecule has 3 unspecified atom stereocenters. The molecule has 1 saturated heterocycles. The topological polar surface area (TPSA) is 182 Å². The number of nitrogens with one attached hydrogen (secondary N) is 2. The molecular weight excluding hydrogens is 492 g/mol. The molecule has 4 heterocycles. The summed E-state index contributed by atoms with van der Waals surface area (Å²) in [7, 11) is 0. The summed E-state index contributed by atoms with van der Waals surface area (Å²) in [6.45, 7) is -0.504. The largest absolute Gasteiger partial charge is 0.477 e. The summed E-state index contributed by atoms with van der Waals surface area (Å²) in [5, 5.41) is 46.4. The quantitative estimate of drug-likeness (QED) is 0.203. The SMILES string of the molecule is O=C(Cc1cccs1)NC1C(=O)N2C(C(=O)O)=C(C(CC(O)CO)Sc3nn[nH]n3)CS[C@@H]12. The highest BCUT2D eigenvalue weighted by atomic mass is 32.2. The summed E-state index contributed by atoms with van der Waals surface area (Å²) in [5.41, 5.74) is 0.224. The van der Waals surface area contributed by atoms with E-state index in [0.29, 0.717) is 5.57 Å². The maximum absolute atomic E-state index is 12.9. The zero-order valence-electron chi connectivity index (χ0n) is 16.9. The summed E-state index contributed by atoms with van der Waals surface area (Å²) < 4.78 is 0. The normalized spacial score (nSPS) is 21.9. The van der Waals surface area contributed by atoms with E-state index in [1.165, 1.54) is 28.0 Å². The fourth-order valence-corrected chi connectivity index (χ4v) is 6.92. The lowest BCUT2D eigenvalue weighted by atomic mass is 9.99. The molecule has 176 valence electrons. The molecule has 2 aliphatic rings. The molecule has 2 aromatic heterocycles. The summed E-state index contributed by atoms with van der Waals surface area (Å²) >= 11 is 3.85. The molecule has 2 aliphatic heterocycles. The average Bonchev–Trinajstić information content (AvgIpc) is 3.50. The number of aromatic nitrogens is 4. The Balaban J connectivity index is 1.54. The maximum atomic E-state index is 12.9. The van der Waals surface area contributed by atoms with Crippen LogP contribution < -0.4 is 5.32 Å². The van der Waals surface area contributed by atoms with Crippen LogP contribution in [0.2, 0.25) is 0 Å². The number of aromatic amines is 1. The van der Waals surface area contributed by atoms with Crippen molar-refractivity contribution in [3.8, 4) is 0 Å². The first-order valence-electron chi connectivity index (χ1n) is 9.80. The van der Waals surface area contributed by atoms with Crippen LogP contribution >= 0.6 is 34.9 Å². The van der Waals surface area contributed by atoms with Crippen LogP contribution in [0.25, 0.3) is 0 Å². The number of nitrogens with zero attached hydrogens (tertiary/aromatic N) is 4. The van der Waals surface area contributed by atoms with Crippen molar-refractivity contribution in [3.05, 3.63) is 33.7 Å². The number of fused-ring (bicyclic) bond motifs is 1. The predicted molar refractivity (Wildman–Crippen MR) is 119 cm³/mol. The molecule has 4 rings (SSSR count). The first-order chi connectivity index (χ1) is 15.9. The van der Waals surface area contributed by atoms with Gasteiger partial charge in [-0.15, -0.1) is 33.3 Å². The second-order valence-corrected chi connectivity index (χ2v) is 10.6. The lowest BCUT2D eigenvalue weighted by molar-refractivity contribution is -0.150. The van der Waals surface area contributed by atoms with E-state index in [2.05, 4.69) is 25.9 Å². The Morgan fingerprint density at radius 3 is 2.88 bits per heavy atom. The number of rotatable bonds is 10. The van der Waals surface area contributed by atoms with Gasteiger partial charge in [-0.25, -0.2) is 4.79 Å². The van der Waals surface area contributed by atoms with Gasteiger partial charge in [0, 0.05) is 15.9 Å². The van der Waals surface area contributed by atoms with E-state index < -0.39 is 41.3 Å². The van der Waals surface area contributed by atoms with Gasteiger partial charge in [0.1, 0.15) is 17.1 Å². The van der Waals surface area contributed by atoms with E-state index >= 15 is 0 Å². The number of aliphatic carboxylic acids is 1. The molecule has 0 aromatic carbocycles. The number of thiophene rings is 1. The third-order valence-electron chi connectivity index (χ3n) is 5.09. The highest BCUT2D eigenvalue weighted by Gasteiger charge is 2.54. The fraction of sp³-hybridized carbons (Fsp3) is 0.444. The van der Waals surface area contributed by atoms with Crippen molar-refractivity contribution in [2.24, 2.45) is 0 Å². The third kappa shape index (κ3) is 5.06. The highest BCUT2D eigenvalue weighted by Crippen LogP contribution is 2.44. The van der Waals surface area contributed by atoms with Crippen LogP contribution in [0, 0.1) is 0 Å². The third-order valence-corrected chi connectivity index (χ3v) is 8.41. The number of aliphatic hydroxyl groups excluding tert-OH is 2. The van der Waals surface area contributed by atoms with Crippen LogP contribution in [0.5, 0.6) is 0 Å². The number of H-pyrrole nitrogens is 1. The van der Waals surface area contributed by atoms with Crippen molar-refractivity contribution in [1.82, 2.24) is 30.8 Å². The molecule has 5 N–H and O–H groups in total. The molecule has 12 nitrogen and oxygen atoms in total. The van der Waals surface area contributed by atoms with E-state index in [1.807, 2.05) is 17.5 Å². The van der Waals surface area contributed by atoms with Gasteiger partial charge >= 0.3 is 5.97 Å². The number of aliphatic hydroxyl groups is 2. The molecule has 1 fully saturated rings. The number of thioether (sulfide) groups is 2. The molecule has 33 heavy (non-hydrogen) atoms. The lowest BCUT2D eigenvalue weighted by Crippen LogP contribution is -2.70. The summed E-state index contributed by atoms with van der Waals surface area (Å²) in [4.78, 5) is 39.5. The smallest absolute Gasteiger partial charge is 0.352 e. The van der Waals surface area contributed by atoms with Gasteiger partial charge in [-0.05, 0) is 28.7 Å². The summed E-state index contributed by atoms with van der Waals surface area (Å²) in [6, 6.07) is 2.85. The van der Waals surface area contributed by atoms with Crippen LogP contribution in [0.4, 0.5) is 0 Å². The Morgan fingerprint density at radius 2 is 2.24 bits per heavy atom. The minimum absolute atomic E-state index is 0.0239. The molecule has 0 spiro atoms. The number of hydrogen-bond donors (Lipinski definition) is 5. The fourth-order valence-electron chi connectivity index (χ4n) is 3.60. The van der Waals surface area contributed by atoms with E-state index in [-0.39, 0.29) is 35.4 Å². The first-order valence-corrected chi connectivity index (χ1v) is 12.6. The zero-order chi connectivity index (χ0) is 23.5. The Morgan fingerprint density at radius 1 is 1.42 bits per heavy atom. The van der Waals surface area contributed by atoms with Gasteiger partial charge < -0.3 is 20.6 Å². The van der Waals surface area contributed by atoms with Gasteiger partial charge in [0.05, 0.1) is 19.1 Å². The molecule has 15 heteroatoms. The highest BCUT2D eigenvalue weighted by molar-refractivity contribution is 8.01. The van der Waals surface area contributed by atoms with Crippen molar-refractivity contribution in [2.45, 2.75) is 40.8 Å². The van der Waals surface area contributed by atoms with Gasteiger partial charge in [0.2, 0.25) is 11.1 Å². The zero-order valence-corrected chi connectivity index (χ0v) is 19.4. The Hall–Kier alpha value is -2.46.